The first kappa shape index (κ1) is 18.4. The highest BCUT2D eigenvalue weighted by atomic mass is 32.1. The van der Waals surface area contributed by atoms with Crippen LogP contribution in [0.5, 0.6) is 0 Å². The number of nitrogens with zero attached hydrogens (tertiary/aromatic N) is 5. The van der Waals surface area contributed by atoms with E-state index in [4.69, 9.17) is 15.7 Å². The third-order valence-corrected chi connectivity index (χ3v) is 7.08. The first-order valence-corrected chi connectivity index (χ1v) is 11.1. The summed E-state index contributed by atoms with van der Waals surface area (Å²) in [7, 11) is 0. The van der Waals surface area contributed by atoms with Gasteiger partial charge in [-0.05, 0) is 50.0 Å². The van der Waals surface area contributed by atoms with Gasteiger partial charge in [-0.25, -0.2) is 15.0 Å². The van der Waals surface area contributed by atoms with Crippen LogP contribution in [0.1, 0.15) is 42.5 Å². The predicted octanol–water partition coefficient (Wildman–Crippen LogP) is 3.12. The second-order valence-electron chi connectivity index (χ2n) is 7.98. The Kier molecular flexibility index (Phi) is 4.87. The van der Waals surface area contributed by atoms with Crippen molar-refractivity contribution in [2.45, 2.75) is 44.9 Å². The van der Waals surface area contributed by atoms with Gasteiger partial charge in [0, 0.05) is 36.8 Å². The van der Waals surface area contributed by atoms with E-state index in [1.165, 1.54) is 28.7 Å². The average Bonchev–Trinajstić information content (AvgIpc) is 3.12. The molecule has 0 bridgehead atoms. The standard InChI is InChI=1S/C21H24N6OS/c22-17(28)10-13-4-3-9-27(12-13)20-18-14-5-1-2-6-16(14)29-21(18)26-19(25-20)15-11-23-7-8-24-15/h7-8,11,13H,1-6,9-10,12H2,(H2,22,28). The molecule has 0 saturated carbocycles. The molecule has 1 amide bonds. The van der Waals surface area contributed by atoms with Crippen LogP contribution in [-0.4, -0.2) is 38.9 Å². The van der Waals surface area contributed by atoms with Crippen LogP contribution in [0.15, 0.2) is 18.6 Å². The van der Waals surface area contributed by atoms with E-state index in [0.717, 1.165) is 49.4 Å². The molecule has 1 fully saturated rings. The Morgan fingerprint density at radius 3 is 2.93 bits per heavy atom. The summed E-state index contributed by atoms with van der Waals surface area (Å²) < 4.78 is 0. The van der Waals surface area contributed by atoms with Crippen molar-refractivity contribution in [2.24, 2.45) is 11.7 Å². The van der Waals surface area contributed by atoms with Gasteiger partial charge in [0.15, 0.2) is 5.82 Å². The quantitative estimate of drug-likeness (QED) is 0.712. The molecular weight excluding hydrogens is 384 g/mol. The van der Waals surface area contributed by atoms with Crippen LogP contribution in [0.25, 0.3) is 21.7 Å². The molecule has 2 aliphatic rings. The zero-order chi connectivity index (χ0) is 19.8. The fourth-order valence-corrected chi connectivity index (χ4v) is 5.86. The Balaban J connectivity index is 1.63. The number of primary amides is 1. The fourth-order valence-electron chi connectivity index (χ4n) is 4.60. The summed E-state index contributed by atoms with van der Waals surface area (Å²) in [6.45, 7) is 1.74. The molecule has 29 heavy (non-hydrogen) atoms. The molecule has 0 spiro atoms. The predicted molar refractivity (Wildman–Crippen MR) is 114 cm³/mol. The largest absolute Gasteiger partial charge is 0.370 e. The molecule has 0 radical (unpaired) electrons. The monoisotopic (exact) mass is 408 g/mol. The van der Waals surface area contributed by atoms with Crippen LogP contribution in [0, 0.1) is 5.92 Å². The van der Waals surface area contributed by atoms with E-state index in [-0.39, 0.29) is 11.8 Å². The minimum atomic E-state index is -0.224. The van der Waals surface area contributed by atoms with Gasteiger partial charge in [0.1, 0.15) is 16.3 Å². The summed E-state index contributed by atoms with van der Waals surface area (Å²) in [5.41, 5.74) is 7.59. The van der Waals surface area contributed by atoms with Gasteiger partial charge < -0.3 is 10.6 Å². The number of nitrogens with two attached hydrogens (primary N) is 1. The molecule has 1 aliphatic heterocycles. The SMILES string of the molecule is NC(=O)CC1CCCN(c2nc(-c3cnccn3)nc3sc4c(c23)CCCC4)C1. The lowest BCUT2D eigenvalue weighted by Gasteiger charge is -2.34. The van der Waals surface area contributed by atoms with E-state index in [1.807, 2.05) is 0 Å². The third kappa shape index (κ3) is 3.57. The Hall–Kier alpha value is -2.61. The summed E-state index contributed by atoms with van der Waals surface area (Å²) in [5.74, 6) is 1.67. The molecular formula is C21H24N6OS. The second-order valence-corrected chi connectivity index (χ2v) is 9.06. The molecule has 1 atom stereocenters. The molecule has 3 aromatic rings. The van der Waals surface area contributed by atoms with E-state index in [2.05, 4.69) is 14.9 Å². The lowest BCUT2D eigenvalue weighted by atomic mass is 9.93. The van der Waals surface area contributed by atoms with E-state index < -0.39 is 0 Å². The number of carbonyl (C=O) groups excluding carboxylic acids is 1. The average molecular weight is 409 g/mol. The molecule has 1 unspecified atom stereocenters. The maximum absolute atomic E-state index is 11.5. The Labute approximate surface area is 173 Å². The number of amides is 1. The highest BCUT2D eigenvalue weighted by Crippen LogP contribution is 2.41. The molecule has 8 heteroatoms. The van der Waals surface area contributed by atoms with Gasteiger partial charge in [-0.1, -0.05) is 0 Å². The lowest BCUT2D eigenvalue weighted by Crippen LogP contribution is -2.37. The van der Waals surface area contributed by atoms with Gasteiger partial charge in [0.2, 0.25) is 5.91 Å². The molecule has 2 N–H and O–H groups in total. The van der Waals surface area contributed by atoms with Crippen LogP contribution < -0.4 is 10.6 Å². The number of hydrogen-bond donors (Lipinski definition) is 1. The number of hydrogen-bond acceptors (Lipinski definition) is 7. The van der Waals surface area contributed by atoms with Gasteiger partial charge in [0.05, 0.1) is 11.6 Å². The van der Waals surface area contributed by atoms with E-state index in [1.54, 1.807) is 29.9 Å². The van der Waals surface area contributed by atoms with Crippen molar-refractivity contribution in [1.82, 2.24) is 19.9 Å². The third-order valence-electron chi connectivity index (χ3n) is 5.90. The van der Waals surface area contributed by atoms with Crippen molar-refractivity contribution < 1.29 is 4.79 Å². The maximum atomic E-state index is 11.5. The molecule has 0 aromatic carbocycles. The number of piperidine rings is 1. The summed E-state index contributed by atoms with van der Waals surface area (Å²) in [6, 6.07) is 0. The molecule has 1 aliphatic carbocycles. The summed E-state index contributed by atoms with van der Waals surface area (Å²) in [5, 5.41) is 1.21. The lowest BCUT2D eigenvalue weighted by molar-refractivity contribution is -0.118. The summed E-state index contributed by atoms with van der Waals surface area (Å²) >= 11 is 1.80. The molecule has 4 heterocycles. The van der Waals surface area contributed by atoms with Crippen molar-refractivity contribution in [3.63, 3.8) is 0 Å². The van der Waals surface area contributed by atoms with Crippen molar-refractivity contribution in [3.05, 3.63) is 29.0 Å². The van der Waals surface area contributed by atoms with Crippen molar-refractivity contribution in [3.8, 4) is 11.5 Å². The van der Waals surface area contributed by atoms with Crippen molar-refractivity contribution in [2.75, 3.05) is 18.0 Å². The summed E-state index contributed by atoms with van der Waals surface area (Å²) in [6.07, 6.45) is 12.2. The molecule has 1 saturated heterocycles. The van der Waals surface area contributed by atoms with E-state index in [0.29, 0.717) is 17.9 Å². The second kappa shape index (κ2) is 7.67. The number of carbonyl (C=O) groups is 1. The number of aryl methyl sites for hydroxylation is 2. The normalized spacial score (nSPS) is 19.3. The number of fused-ring (bicyclic) bond motifs is 3. The first-order valence-electron chi connectivity index (χ1n) is 10.3. The van der Waals surface area contributed by atoms with Crippen molar-refractivity contribution >= 4 is 33.3 Å². The first-order chi connectivity index (χ1) is 14.2. The minimum absolute atomic E-state index is 0.224. The summed E-state index contributed by atoms with van der Waals surface area (Å²) in [4.78, 5) is 34.8. The number of anilines is 1. The topological polar surface area (TPSA) is 97.9 Å². The number of aromatic nitrogens is 4. The molecule has 150 valence electrons. The van der Waals surface area contributed by atoms with Gasteiger partial charge in [-0.3, -0.25) is 9.78 Å². The highest BCUT2D eigenvalue weighted by molar-refractivity contribution is 7.19. The van der Waals surface area contributed by atoms with E-state index >= 15 is 0 Å². The molecule has 3 aromatic heterocycles. The van der Waals surface area contributed by atoms with Gasteiger partial charge in [-0.15, -0.1) is 11.3 Å². The van der Waals surface area contributed by atoms with Crippen LogP contribution in [0.2, 0.25) is 0 Å². The Bertz CT molecular complexity index is 1050. The Morgan fingerprint density at radius 1 is 1.21 bits per heavy atom. The Morgan fingerprint density at radius 2 is 2.10 bits per heavy atom. The highest BCUT2D eigenvalue weighted by Gasteiger charge is 2.28. The molecule has 5 rings (SSSR count). The zero-order valence-electron chi connectivity index (χ0n) is 16.3. The fraction of sp³-hybridized carbons (Fsp3) is 0.476. The van der Waals surface area contributed by atoms with Crippen molar-refractivity contribution in [1.29, 1.82) is 0 Å². The van der Waals surface area contributed by atoms with Crippen LogP contribution in [0.3, 0.4) is 0 Å². The van der Waals surface area contributed by atoms with Crippen LogP contribution in [0.4, 0.5) is 5.82 Å². The minimum Gasteiger partial charge on any atom is -0.370 e. The maximum Gasteiger partial charge on any atom is 0.217 e. The van der Waals surface area contributed by atoms with Crippen LogP contribution in [-0.2, 0) is 17.6 Å². The van der Waals surface area contributed by atoms with Gasteiger partial charge >= 0.3 is 0 Å². The van der Waals surface area contributed by atoms with Crippen LogP contribution >= 0.6 is 11.3 Å². The van der Waals surface area contributed by atoms with E-state index in [9.17, 15) is 4.79 Å². The number of thiophene rings is 1. The number of rotatable bonds is 4. The molecule has 7 nitrogen and oxygen atoms in total. The van der Waals surface area contributed by atoms with Gasteiger partial charge in [-0.2, -0.15) is 0 Å². The van der Waals surface area contributed by atoms with Gasteiger partial charge in [0.25, 0.3) is 0 Å². The smallest absolute Gasteiger partial charge is 0.217 e. The zero-order valence-corrected chi connectivity index (χ0v) is 17.1.